The molecule has 0 saturated carbocycles. The van der Waals surface area contributed by atoms with Crippen molar-refractivity contribution in [2.75, 3.05) is 31.5 Å². The molecule has 5 nitrogen and oxygen atoms in total. The van der Waals surface area contributed by atoms with Crippen LogP contribution in [-0.2, 0) is 3.79 Å². The average molecular weight is 425 g/mol. The Hall–Kier alpha value is -0.590. The van der Waals surface area contributed by atoms with Crippen molar-refractivity contribution in [1.82, 2.24) is 19.9 Å². The van der Waals surface area contributed by atoms with Crippen molar-refractivity contribution in [3.63, 3.8) is 0 Å². The molecule has 0 fully saturated rings. The van der Waals surface area contributed by atoms with Gasteiger partial charge < -0.3 is 10.2 Å². The highest BCUT2D eigenvalue weighted by atomic mass is 35.6. The third kappa shape index (κ3) is 6.26. The van der Waals surface area contributed by atoms with Crippen molar-refractivity contribution >= 4 is 57.9 Å². The van der Waals surface area contributed by atoms with Gasteiger partial charge in [-0.2, -0.15) is 9.97 Å². The molecule has 9 heteroatoms. The van der Waals surface area contributed by atoms with Crippen molar-refractivity contribution in [2.45, 2.75) is 29.4 Å². The summed E-state index contributed by atoms with van der Waals surface area (Å²) in [4.78, 5) is 15.3. The van der Waals surface area contributed by atoms with Crippen LogP contribution in [0.4, 0.5) is 5.95 Å². The minimum absolute atomic E-state index is 0.0823. The van der Waals surface area contributed by atoms with E-state index in [1.54, 1.807) is 0 Å². The topological polar surface area (TPSA) is 53.9 Å². The second-order valence-corrected chi connectivity index (χ2v) is 8.38. The quantitative estimate of drug-likeness (QED) is 0.657. The first-order chi connectivity index (χ1) is 11.8. The lowest BCUT2D eigenvalue weighted by Crippen LogP contribution is -2.29. The van der Waals surface area contributed by atoms with Crippen LogP contribution in [0.2, 0.25) is 0 Å². The monoisotopic (exact) mass is 423 g/mol. The largest absolute Gasteiger partial charge is 0.353 e. The van der Waals surface area contributed by atoms with E-state index >= 15 is 0 Å². The fraction of sp³-hybridized carbons (Fsp3) is 0.562. The molecule has 0 amide bonds. The third-order valence-corrected chi connectivity index (χ3v) is 4.58. The van der Waals surface area contributed by atoms with E-state index < -0.39 is 3.79 Å². The zero-order valence-electron chi connectivity index (χ0n) is 14.1. The number of anilines is 1. The second kappa shape index (κ2) is 9.38. The number of nitrogens with one attached hydrogen (secondary N) is 1. The van der Waals surface area contributed by atoms with Crippen molar-refractivity contribution in [3.8, 4) is 0 Å². The summed E-state index contributed by atoms with van der Waals surface area (Å²) < 4.78 is -1.73. The van der Waals surface area contributed by atoms with Crippen LogP contribution in [0.3, 0.4) is 0 Å². The number of aromatic nitrogens is 3. The van der Waals surface area contributed by atoms with Gasteiger partial charge in [-0.3, -0.25) is 0 Å². The molecule has 1 unspecified atom stereocenters. The molecule has 1 aromatic rings. The Kier molecular flexibility index (Phi) is 7.77. The molecule has 1 aliphatic rings. The number of likely N-dealkylation sites (N-methyl/N-ethyl adjacent to an activating group) is 1. The zero-order valence-corrected chi connectivity index (χ0v) is 17.2. The number of nitrogens with zero attached hydrogens (tertiary/aromatic N) is 4. The van der Waals surface area contributed by atoms with Gasteiger partial charge in [0.1, 0.15) is 0 Å². The molecule has 0 bridgehead atoms. The molecule has 2 rings (SSSR count). The predicted octanol–water partition coefficient (Wildman–Crippen LogP) is 4.40. The van der Waals surface area contributed by atoms with Crippen LogP contribution in [0, 0.1) is 0 Å². The highest BCUT2D eigenvalue weighted by molar-refractivity contribution is 6.66. The SMILES string of the molecule is CCN(CC)CCNc1nc(C2=CC(Cl)CC=C2)nc(C(Cl)(Cl)Cl)n1. The number of alkyl halides is 4. The first kappa shape index (κ1) is 20.7. The Morgan fingerprint density at radius 2 is 1.92 bits per heavy atom. The molecule has 1 N–H and O–H groups in total. The molecule has 1 heterocycles. The van der Waals surface area contributed by atoms with Gasteiger partial charge in [-0.05, 0) is 19.5 Å². The van der Waals surface area contributed by atoms with Crippen LogP contribution in [0.1, 0.15) is 31.9 Å². The molecule has 1 atom stereocenters. The van der Waals surface area contributed by atoms with E-state index in [2.05, 4.69) is 39.0 Å². The maximum atomic E-state index is 6.18. The normalized spacial score (nSPS) is 17.7. The van der Waals surface area contributed by atoms with Gasteiger partial charge in [-0.15, -0.1) is 11.6 Å². The summed E-state index contributed by atoms with van der Waals surface area (Å²) in [5.74, 6) is 0.895. The van der Waals surface area contributed by atoms with Crippen LogP contribution in [0.5, 0.6) is 0 Å². The van der Waals surface area contributed by atoms with Crippen molar-refractivity contribution in [1.29, 1.82) is 0 Å². The molecule has 0 radical (unpaired) electrons. The van der Waals surface area contributed by atoms with Gasteiger partial charge in [-0.1, -0.05) is 66.9 Å². The van der Waals surface area contributed by atoms with E-state index in [0.717, 1.165) is 31.6 Å². The van der Waals surface area contributed by atoms with Crippen molar-refractivity contribution < 1.29 is 0 Å². The lowest BCUT2D eigenvalue weighted by atomic mass is 10.1. The summed E-state index contributed by atoms with van der Waals surface area (Å²) in [7, 11) is 0. The molecule has 1 aliphatic carbocycles. The molecular weight excluding hydrogens is 404 g/mol. The molecule has 0 spiro atoms. The molecule has 0 aliphatic heterocycles. The Bertz CT molecular complexity index is 638. The minimum atomic E-state index is -1.73. The van der Waals surface area contributed by atoms with E-state index in [0.29, 0.717) is 18.3 Å². The number of rotatable bonds is 7. The molecular formula is C16H21Cl4N5. The smallest absolute Gasteiger partial charge is 0.250 e. The Labute approximate surface area is 168 Å². The first-order valence-corrected chi connectivity index (χ1v) is 9.72. The molecule has 1 aromatic heterocycles. The Morgan fingerprint density at radius 1 is 1.20 bits per heavy atom. The number of hydrogen-bond donors (Lipinski definition) is 1. The Morgan fingerprint density at radius 3 is 2.52 bits per heavy atom. The van der Waals surface area contributed by atoms with E-state index in [-0.39, 0.29) is 11.2 Å². The van der Waals surface area contributed by atoms with Gasteiger partial charge in [0.15, 0.2) is 11.6 Å². The van der Waals surface area contributed by atoms with E-state index in [1.165, 1.54) is 0 Å². The molecule has 138 valence electrons. The van der Waals surface area contributed by atoms with Gasteiger partial charge in [0.2, 0.25) is 9.74 Å². The van der Waals surface area contributed by atoms with Crippen molar-refractivity contribution in [2.24, 2.45) is 0 Å². The maximum absolute atomic E-state index is 6.18. The number of allylic oxidation sites excluding steroid dienone is 4. The first-order valence-electron chi connectivity index (χ1n) is 8.15. The fourth-order valence-electron chi connectivity index (χ4n) is 2.37. The van der Waals surface area contributed by atoms with Crippen LogP contribution in [0.25, 0.3) is 5.57 Å². The molecule has 0 saturated heterocycles. The maximum Gasteiger partial charge on any atom is 0.250 e. The van der Waals surface area contributed by atoms with Gasteiger partial charge in [0.25, 0.3) is 0 Å². The average Bonchev–Trinajstić information content (AvgIpc) is 2.58. The summed E-state index contributed by atoms with van der Waals surface area (Å²) in [6.45, 7) is 7.75. The van der Waals surface area contributed by atoms with E-state index in [9.17, 15) is 0 Å². The van der Waals surface area contributed by atoms with Crippen LogP contribution in [0.15, 0.2) is 18.2 Å². The Balaban J connectivity index is 2.24. The van der Waals surface area contributed by atoms with Gasteiger partial charge >= 0.3 is 0 Å². The molecule has 0 aromatic carbocycles. The highest BCUT2D eigenvalue weighted by Crippen LogP contribution is 2.36. The molecule has 25 heavy (non-hydrogen) atoms. The predicted molar refractivity (Wildman–Crippen MR) is 107 cm³/mol. The summed E-state index contributed by atoms with van der Waals surface area (Å²) >= 11 is 24.1. The second-order valence-electron chi connectivity index (χ2n) is 5.53. The summed E-state index contributed by atoms with van der Waals surface area (Å²) in [6, 6.07) is 0. The van der Waals surface area contributed by atoms with Gasteiger partial charge in [0.05, 0.1) is 5.38 Å². The van der Waals surface area contributed by atoms with Gasteiger partial charge in [0, 0.05) is 18.7 Å². The van der Waals surface area contributed by atoms with Crippen LogP contribution < -0.4 is 5.32 Å². The standard InChI is InChI=1S/C16H21Cl4N5/c1-3-25(4-2)9-8-21-15-23-13(11-6-5-7-12(17)10-11)22-14(24-15)16(18,19)20/h5-6,10,12H,3-4,7-9H2,1-2H3,(H,21,22,23,24). The summed E-state index contributed by atoms with van der Waals surface area (Å²) in [6.07, 6.45) is 6.54. The lowest BCUT2D eigenvalue weighted by Gasteiger charge is -2.19. The van der Waals surface area contributed by atoms with E-state index in [1.807, 2.05) is 18.2 Å². The van der Waals surface area contributed by atoms with Crippen LogP contribution in [-0.4, -0.2) is 51.4 Å². The lowest BCUT2D eigenvalue weighted by molar-refractivity contribution is 0.316. The highest BCUT2D eigenvalue weighted by Gasteiger charge is 2.29. The number of halogens is 4. The summed E-state index contributed by atoms with van der Waals surface area (Å²) in [5, 5.41) is 3.08. The minimum Gasteiger partial charge on any atom is -0.353 e. The summed E-state index contributed by atoms with van der Waals surface area (Å²) in [5.41, 5.74) is 0.788. The fourth-order valence-corrected chi connectivity index (χ4v) is 2.86. The van der Waals surface area contributed by atoms with Crippen LogP contribution >= 0.6 is 46.4 Å². The van der Waals surface area contributed by atoms with Crippen molar-refractivity contribution in [3.05, 3.63) is 29.9 Å². The zero-order chi connectivity index (χ0) is 18.4. The third-order valence-electron chi connectivity index (χ3n) is 3.77. The number of hydrogen-bond acceptors (Lipinski definition) is 5. The van der Waals surface area contributed by atoms with E-state index in [4.69, 9.17) is 46.4 Å². The van der Waals surface area contributed by atoms with Gasteiger partial charge in [-0.25, -0.2) is 4.98 Å².